The van der Waals surface area contributed by atoms with Gasteiger partial charge in [0.15, 0.2) is 0 Å². The molecule has 0 aliphatic carbocycles. The van der Waals surface area contributed by atoms with Gasteiger partial charge in [-0.2, -0.15) is 4.37 Å². The van der Waals surface area contributed by atoms with Crippen molar-refractivity contribution in [2.75, 3.05) is 0 Å². The molecule has 0 radical (unpaired) electrons. The number of nitrogens with one attached hydrogen (secondary N) is 1. The quantitative estimate of drug-likeness (QED) is 0.882. The molecule has 16 heavy (non-hydrogen) atoms. The van der Waals surface area contributed by atoms with Crippen molar-refractivity contribution >= 4 is 17.4 Å². The first-order chi connectivity index (χ1) is 7.77. The maximum absolute atomic E-state index is 11.8. The average molecular weight is 232 g/mol. The number of nitrogens with zero attached hydrogens (tertiary/aromatic N) is 1. The summed E-state index contributed by atoms with van der Waals surface area (Å²) < 4.78 is 4.07. The number of amides is 1. The summed E-state index contributed by atoms with van der Waals surface area (Å²) >= 11 is 1.31. The van der Waals surface area contributed by atoms with Crippen molar-refractivity contribution in [2.24, 2.45) is 0 Å². The van der Waals surface area contributed by atoms with Crippen molar-refractivity contribution in [1.29, 1.82) is 0 Å². The van der Waals surface area contributed by atoms with E-state index in [-0.39, 0.29) is 5.91 Å². The summed E-state index contributed by atoms with van der Waals surface area (Å²) in [7, 11) is 0. The van der Waals surface area contributed by atoms with Crippen molar-refractivity contribution in [2.45, 2.75) is 13.5 Å². The molecule has 2 rings (SSSR count). The number of hydrogen-bond donors (Lipinski definition) is 1. The molecule has 0 aliphatic rings. The lowest BCUT2D eigenvalue weighted by molar-refractivity contribution is 0.0950. The van der Waals surface area contributed by atoms with Gasteiger partial charge in [0.25, 0.3) is 5.91 Å². The van der Waals surface area contributed by atoms with Crippen molar-refractivity contribution in [3.63, 3.8) is 0 Å². The van der Waals surface area contributed by atoms with E-state index in [9.17, 15) is 4.79 Å². The highest BCUT2D eigenvalue weighted by molar-refractivity contribution is 7.03. The molecule has 1 heterocycles. The monoisotopic (exact) mass is 232 g/mol. The van der Waals surface area contributed by atoms with E-state index in [1.807, 2.05) is 37.3 Å². The lowest BCUT2D eigenvalue weighted by Gasteiger charge is -2.03. The minimum Gasteiger partial charge on any atom is -0.348 e. The number of benzene rings is 1. The minimum absolute atomic E-state index is 0.0601. The van der Waals surface area contributed by atoms with Gasteiger partial charge in [-0.15, -0.1) is 0 Å². The molecular formula is C12H12N2OS. The molecule has 0 fully saturated rings. The first-order valence-electron chi connectivity index (χ1n) is 5.00. The van der Waals surface area contributed by atoms with Crippen molar-refractivity contribution in [3.8, 4) is 0 Å². The maximum Gasteiger partial charge on any atom is 0.254 e. The van der Waals surface area contributed by atoms with Gasteiger partial charge in [-0.3, -0.25) is 4.79 Å². The number of rotatable bonds is 3. The lowest BCUT2D eigenvalue weighted by Crippen LogP contribution is -2.22. The normalized spacial score (nSPS) is 10.1. The third-order valence-corrected chi connectivity index (χ3v) is 3.01. The van der Waals surface area contributed by atoms with Crippen LogP contribution < -0.4 is 5.32 Å². The van der Waals surface area contributed by atoms with Crippen LogP contribution in [-0.4, -0.2) is 10.3 Å². The number of carbonyl (C=O) groups is 1. The summed E-state index contributed by atoms with van der Waals surface area (Å²) in [5.41, 5.74) is 2.55. The zero-order chi connectivity index (χ0) is 11.4. The van der Waals surface area contributed by atoms with Crippen LogP contribution in [0.1, 0.15) is 21.6 Å². The molecule has 0 atom stereocenters. The van der Waals surface area contributed by atoms with Crippen LogP contribution in [0.3, 0.4) is 0 Å². The summed E-state index contributed by atoms with van der Waals surface area (Å²) in [6, 6.07) is 9.84. The minimum atomic E-state index is -0.0601. The highest BCUT2D eigenvalue weighted by atomic mass is 32.1. The van der Waals surface area contributed by atoms with E-state index in [2.05, 4.69) is 9.69 Å². The van der Waals surface area contributed by atoms with Gasteiger partial charge < -0.3 is 5.32 Å². The predicted molar refractivity (Wildman–Crippen MR) is 64.5 cm³/mol. The van der Waals surface area contributed by atoms with Crippen LogP contribution in [0, 0.1) is 6.92 Å². The average Bonchev–Trinajstić information content (AvgIpc) is 2.74. The zero-order valence-corrected chi connectivity index (χ0v) is 9.75. The Kier molecular flexibility index (Phi) is 3.31. The fourth-order valence-corrected chi connectivity index (χ4v) is 2.08. The third kappa shape index (κ3) is 2.46. The number of carbonyl (C=O) groups excluding carboxylic acids is 1. The van der Waals surface area contributed by atoms with Crippen LogP contribution in [0.15, 0.2) is 35.7 Å². The van der Waals surface area contributed by atoms with Crippen LogP contribution >= 0.6 is 11.5 Å². The molecule has 0 unspecified atom stereocenters. The van der Waals surface area contributed by atoms with Crippen LogP contribution in [0.2, 0.25) is 0 Å². The van der Waals surface area contributed by atoms with Gasteiger partial charge in [-0.05, 0) is 24.0 Å². The van der Waals surface area contributed by atoms with E-state index >= 15 is 0 Å². The third-order valence-electron chi connectivity index (χ3n) is 2.29. The van der Waals surface area contributed by atoms with Crippen molar-refractivity contribution in [1.82, 2.24) is 9.69 Å². The molecule has 3 nitrogen and oxygen atoms in total. The highest BCUT2D eigenvalue weighted by Gasteiger charge is 2.10. The van der Waals surface area contributed by atoms with Gasteiger partial charge in [0, 0.05) is 11.9 Å². The fourth-order valence-electron chi connectivity index (χ4n) is 1.38. The van der Waals surface area contributed by atoms with Crippen LogP contribution in [0.4, 0.5) is 0 Å². The molecule has 1 N–H and O–H groups in total. The molecule has 0 saturated carbocycles. The van der Waals surface area contributed by atoms with Crippen LogP contribution in [0.25, 0.3) is 0 Å². The molecule has 0 spiro atoms. The van der Waals surface area contributed by atoms with Crippen LogP contribution in [0.5, 0.6) is 0 Å². The Hall–Kier alpha value is -1.68. The molecule has 2 aromatic rings. The molecular weight excluding hydrogens is 220 g/mol. The summed E-state index contributed by atoms with van der Waals surface area (Å²) in [6.07, 6.45) is 0. The van der Waals surface area contributed by atoms with E-state index in [4.69, 9.17) is 0 Å². The van der Waals surface area contributed by atoms with E-state index in [0.29, 0.717) is 12.1 Å². The molecule has 82 valence electrons. The van der Waals surface area contributed by atoms with E-state index in [1.165, 1.54) is 11.5 Å². The molecule has 4 heteroatoms. The van der Waals surface area contributed by atoms with Gasteiger partial charge in [-0.25, -0.2) is 0 Å². The van der Waals surface area contributed by atoms with Gasteiger partial charge in [0.2, 0.25) is 0 Å². The summed E-state index contributed by atoms with van der Waals surface area (Å²) in [6.45, 7) is 2.39. The summed E-state index contributed by atoms with van der Waals surface area (Å²) in [4.78, 5) is 11.8. The van der Waals surface area contributed by atoms with Crippen LogP contribution in [-0.2, 0) is 6.54 Å². The predicted octanol–water partition coefficient (Wildman–Crippen LogP) is 2.38. The number of aryl methyl sites for hydroxylation is 1. The van der Waals surface area contributed by atoms with E-state index < -0.39 is 0 Å². The Morgan fingerprint density at radius 3 is 2.75 bits per heavy atom. The van der Waals surface area contributed by atoms with E-state index in [1.54, 1.807) is 5.38 Å². The maximum atomic E-state index is 11.8. The van der Waals surface area contributed by atoms with Gasteiger partial charge in [0.05, 0.1) is 11.3 Å². The topological polar surface area (TPSA) is 42.0 Å². The van der Waals surface area contributed by atoms with Crippen molar-refractivity contribution in [3.05, 3.63) is 52.5 Å². The van der Waals surface area contributed by atoms with Gasteiger partial charge >= 0.3 is 0 Å². The van der Waals surface area contributed by atoms with Crippen molar-refractivity contribution < 1.29 is 4.79 Å². The Morgan fingerprint density at radius 1 is 1.38 bits per heavy atom. The Morgan fingerprint density at radius 2 is 2.12 bits per heavy atom. The second kappa shape index (κ2) is 4.90. The molecule has 1 amide bonds. The second-order valence-corrected chi connectivity index (χ2v) is 4.11. The number of aromatic nitrogens is 1. The summed E-state index contributed by atoms with van der Waals surface area (Å²) in [5.74, 6) is -0.0601. The molecule has 1 aromatic heterocycles. The Labute approximate surface area is 98.3 Å². The SMILES string of the molecule is Cc1nscc1C(=O)NCc1ccccc1. The van der Waals surface area contributed by atoms with E-state index in [0.717, 1.165) is 11.3 Å². The van der Waals surface area contributed by atoms with Gasteiger partial charge in [0.1, 0.15) is 0 Å². The first-order valence-corrected chi connectivity index (χ1v) is 5.84. The highest BCUT2D eigenvalue weighted by Crippen LogP contribution is 2.09. The molecule has 1 aromatic carbocycles. The smallest absolute Gasteiger partial charge is 0.254 e. The Balaban J connectivity index is 1.97. The molecule has 0 saturated heterocycles. The Bertz CT molecular complexity index is 479. The number of hydrogen-bond acceptors (Lipinski definition) is 3. The lowest BCUT2D eigenvalue weighted by atomic mass is 10.2. The standard InChI is InChI=1S/C12H12N2OS/c1-9-11(8-16-14-9)12(15)13-7-10-5-3-2-4-6-10/h2-6,8H,7H2,1H3,(H,13,15). The zero-order valence-electron chi connectivity index (χ0n) is 8.93. The summed E-state index contributed by atoms with van der Waals surface area (Å²) in [5, 5.41) is 4.64. The fraction of sp³-hybridized carbons (Fsp3) is 0.167. The second-order valence-electron chi connectivity index (χ2n) is 3.48. The molecule has 0 aliphatic heterocycles. The largest absolute Gasteiger partial charge is 0.348 e. The molecule has 0 bridgehead atoms. The van der Waals surface area contributed by atoms with Gasteiger partial charge in [-0.1, -0.05) is 30.3 Å². The first kappa shape index (κ1) is 10.8.